The third-order valence-electron chi connectivity index (χ3n) is 4.52. The molecule has 1 fully saturated rings. The summed E-state index contributed by atoms with van der Waals surface area (Å²) in [5.74, 6) is -0.783. The monoisotopic (exact) mass is 394 g/mol. The number of rotatable bonds is 13. The zero-order valence-corrected chi connectivity index (χ0v) is 16.6. The SMILES string of the molecule is CC[C@@H](O)/C=C/[C@@H](O)[C@@H]1C[C@@H](O)[C@@H](C/C=C\C/C=C\C/C=C\CCC(=O)O)O1. The lowest BCUT2D eigenvalue weighted by Crippen LogP contribution is -2.24. The Bertz CT molecular complexity index is 551. The quantitative estimate of drug-likeness (QED) is 0.358. The van der Waals surface area contributed by atoms with Gasteiger partial charge in [-0.05, 0) is 32.1 Å². The van der Waals surface area contributed by atoms with Crippen LogP contribution in [0, 0.1) is 0 Å². The molecule has 0 unspecified atom stereocenters. The zero-order chi connectivity index (χ0) is 20.8. The maximum atomic E-state index is 10.4. The van der Waals surface area contributed by atoms with Crippen LogP contribution in [-0.4, -0.2) is 56.9 Å². The van der Waals surface area contributed by atoms with Crippen LogP contribution in [0.5, 0.6) is 0 Å². The molecule has 0 spiro atoms. The van der Waals surface area contributed by atoms with Crippen molar-refractivity contribution in [3.8, 4) is 0 Å². The van der Waals surface area contributed by atoms with Crippen LogP contribution in [0.25, 0.3) is 0 Å². The topological polar surface area (TPSA) is 107 Å². The van der Waals surface area contributed by atoms with E-state index in [1.54, 1.807) is 6.08 Å². The molecule has 0 aliphatic carbocycles. The van der Waals surface area contributed by atoms with E-state index in [4.69, 9.17) is 9.84 Å². The fourth-order valence-electron chi connectivity index (χ4n) is 2.79. The summed E-state index contributed by atoms with van der Waals surface area (Å²) in [5, 5.41) is 38.2. The molecule has 0 aromatic heterocycles. The molecule has 4 N–H and O–H groups in total. The molecule has 28 heavy (non-hydrogen) atoms. The highest BCUT2D eigenvalue weighted by Gasteiger charge is 2.36. The van der Waals surface area contributed by atoms with Gasteiger partial charge in [-0.3, -0.25) is 4.79 Å². The van der Waals surface area contributed by atoms with Crippen LogP contribution in [0.2, 0.25) is 0 Å². The van der Waals surface area contributed by atoms with Crippen LogP contribution in [0.1, 0.15) is 51.9 Å². The van der Waals surface area contributed by atoms with E-state index in [-0.39, 0.29) is 12.5 Å². The van der Waals surface area contributed by atoms with Crippen LogP contribution in [0.4, 0.5) is 0 Å². The van der Waals surface area contributed by atoms with Gasteiger partial charge in [0.25, 0.3) is 0 Å². The second-order valence-electron chi connectivity index (χ2n) is 6.92. The summed E-state index contributed by atoms with van der Waals surface area (Å²) in [5.41, 5.74) is 0. The summed E-state index contributed by atoms with van der Waals surface area (Å²) >= 11 is 0. The molecule has 5 atom stereocenters. The van der Waals surface area contributed by atoms with Gasteiger partial charge in [0.2, 0.25) is 0 Å². The Kier molecular flexibility index (Phi) is 12.4. The molecule has 1 aliphatic heterocycles. The van der Waals surface area contributed by atoms with E-state index in [1.807, 2.05) is 43.4 Å². The number of carboxylic acids is 1. The lowest BCUT2D eigenvalue weighted by molar-refractivity contribution is -0.136. The average molecular weight is 395 g/mol. The van der Waals surface area contributed by atoms with Crippen molar-refractivity contribution in [2.75, 3.05) is 0 Å². The highest BCUT2D eigenvalue weighted by Crippen LogP contribution is 2.26. The third kappa shape index (κ3) is 10.6. The Balaban J connectivity index is 2.23. The van der Waals surface area contributed by atoms with Gasteiger partial charge in [-0.1, -0.05) is 55.5 Å². The number of aliphatic carboxylic acids is 1. The first kappa shape index (κ1) is 24.3. The van der Waals surface area contributed by atoms with E-state index in [2.05, 4.69) is 0 Å². The minimum absolute atomic E-state index is 0.160. The van der Waals surface area contributed by atoms with Crippen LogP contribution < -0.4 is 0 Å². The van der Waals surface area contributed by atoms with E-state index in [0.29, 0.717) is 25.7 Å². The minimum Gasteiger partial charge on any atom is -0.481 e. The Hall–Kier alpha value is -1.73. The van der Waals surface area contributed by atoms with Gasteiger partial charge in [-0.25, -0.2) is 0 Å². The first-order valence-corrected chi connectivity index (χ1v) is 9.98. The lowest BCUT2D eigenvalue weighted by Gasteiger charge is -2.16. The summed E-state index contributed by atoms with van der Waals surface area (Å²) in [6.07, 6.45) is 15.9. The first-order chi connectivity index (χ1) is 13.4. The number of aliphatic hydroxyl groups excluding tert-OH is 3. The van der Waals surface area contributed by atoms with E-state index >= 15 is 0 Å². The van der Waals surface area contributed by atoms with Crippen molar-refractivity contribution in [3.63, 3.8) is 0 Å². The fourth-order valence-corrected chi connectivity index (χ4v) is 2.79. The molecule has 0 aromatic rings. The molecule has 1 rings (SSSR count). The number of hydrogen-bond donors (Lipinski definition) is 4. The Morgan fingerprint density at radius 3 is 2.36 bits per heavy atom. The molecule has 6 heteroatoms. The number of carboxylic acid groups (broad SMARTS) is 1. The molecular formula is C22H34O6. The van der Waals surface area contributed by atoms with Gasteiger partial charge in [-0.15, -0.1) is 0 Å². The standard InChI is InChI=1S/C22H34O6/c1-2-17(23)14-15-18(24)21-16-19(25)20(28-21)12-10-8-6-4-3-5-7-9-11-13-22(26)27/h3-4,7-10,14-15,17-21,23-25H,2,5-6,11-13,16H2,1H3,(H,26,27)/b4-3-,9-7-,10-8-,15-14+/t17-,18-,19-,20-,21+/m1/s1. The number of hydrogen-bond acceptors (Lipinski definition) is 5. The molecule has 0 amide bonds. The van der Waals surface area contributed by atoms with E-state index < -0.39 is 30.4 Å². The molecule has 0 aromatic carbocycles. The highest BCUT2D eigenvalue weighted by molar-refractivity contribution is 5.66. The van der Waals surface area contributed by atoms with Crippen LogP contribution in [-0.2, 0) is 9.53 Å². The summed E-state index contributed by atoms with van der Waals surface area (Å²) in [4.78, 5) is 10.4. The second-order valence-corrected chi connectivity index (χ2v) is 6.92. The van der Waals surface area contributed by atoms with Crippen LogP contribution in [0.3, 0.4) is 0 Å². The van der Waals surface area contributed by atoms with Gasteiger partial charge in [0.1, 0.15) is 0 Å². The molecule has 0 radical (unpaired) electrons. The molecule has 1 heterocycles. The van der Waals surface area contributed by atoms with Crippen molar-refractivity contribution in [2.45, 2.75) is 82.4 Å². The summed E-state index contributed by atoms with van der Waals surface area (Å²) in [6.45, 7) is 1.86. The predicted octanol–water partition coefficient (Wildman–Crippen LogP) is 2.90. The lowest BCUT2D eigenvalue weighted by atomic mass is 10.0. The van der Waals surface area contributed by atoms with Gasteiger partial charge in [-0.2, -0.15) is 0 Å². The molecule has 158 valence electrons. The smallest absolute Gasteiger partial charge is 0.303 e. The molecule has 0 bridgehead atoms. The summed E-state index contributed by atoms with van der Waals surface area (Å²) in [6, 6.07) is 0. The summed E-state index contributed by atoms with van der Waals surface area (Å²) in [7, 11) is 0. The van der Waals surface area contributed by atoms with E-state index in [9.17, 15) is 20.1 Å². The average Bonchev–Trinajstić information content (AvgIpc) is 3.04. The second kappa shape index (κ2) is 14.3. The van der Waals surface area contributed by atoms with Crippen molar-refractivity contribution >= 4 is 5.97 Å². The minimum atomic E-state index is -0.837. The van der Waals surface area contributed by atoms with Gasteiger partial charge in [0, 0.05) is 12.8 Å². The summed E-state index contributed by atoms with van der Waals surface area (Å²) < 4.78 is 5.75. The molecule has 1 aliphatic rings. The Morgan fingerprint density at radius 2 is 1.71 bits per heavy atom. The van der Waals surface area contributed by atoms with Crippen molar-refractivity contribution in [1.29, 1.82) is 0 Å². The zero-order valence-electron chi connectivity index (χ0n) is 16.6. The normalized spacial score (nSPS) is 25.5. The first-order valence-electron chi connectivity index (χ1n) is 9.98. The molecule has 1 saturated heterocycles. The van der Waals surface area contributed by atoms with Crippen molar-refractivity contribution in [3.05, 3.63) is 48.6 Å². The molecule has 6 nitrogen and oxygen atoms in total. The third-order valence-corrected chi connectivity index (χ3v) is 4.52. The van der Waals surface area contributed by atoms with E-state index in [0.717, 1.165) is 12.8 Å². The molecule has 0 saturated carbocycles. The number of carbonyl (C=O) groups is 1. The van der Waals surface area contributed by atoms with Gasteiger partial charge in [0.15, 0.2) is 0 Å². The van der Waals surface area contributed by atoms with Crippen molar-refractivity contribution < 1.29 is 30.0 Å². The fraction of sp³-hybridized carbons (Fsp3) is 0.591. The number of allylic oxidation sites excluding steroid dienone is 5. The Morgan fingerprint density at radius 1 is 1.07 bits per heavy atom. The van der Waals surface area contributed by atoms with E-state index in [1.165, 1.54) is 6.08 Å². The maximum Gasteiger partial charge on any atom is 0.303 e. The number of aliphatic hydroxyl groups is 3. The number of ether oxygens (including phenoxy) is 1. The van der Waals surface area contributed by atoms with Gasteiger partial charge >= 0.3 is 5.97 Å². The predicted molar refractivity (Wildman–Crippen MR) is 109 cm³/mol. The largest absolute Gasteiger partial charge is 0.481 e. The van der Waals surface area contributed by atoms with Gasteiger partial charge < -0.3 is 25.2 Å². The molecular weight excluding hydrogens is 360 g/mol. The Labute approximate surface area is 167 Å². The highest BCUT2D eigenvalue weighted by atomic mass is 16.5. The van der Waals surface area contributed by atoms with Crippen LogP contribution >= 0.6 is 0 Å². The van der Waals surface area contributed by atoms with Crippen molar-refractivity contribution in [1.82, 2.24) is 0 Å². The van der Waals surface area contributed by atoms with Gasteiger partial charge in [0.05, 0.1) is 30.5 Å². The van der Waals surface area contributed by atoms with Crippen molar-refractivity contribution in [2.24, 2.45) is 0 Å². The maximum absolute atomic E-state index is 10.4. The van der Waals surface area contributed by atoms with Crippen LogP contribution in [0.15, 0.2) is 48.6 Å².